The average Bonchev–Trinajstić information content (AvgIpc) is 2.82. The molecule has 1 aliphatic rings. The number of hydrogen-bond donors (Lipinski definition) is 1. The first-order valence-electron chi connectivity index (χ1n) is 6.90. The highest BCUT2D eigenvalue weighted by Gasteiger charge is 2.31. The molecule has 0 saturated carbocycles. The molecule has 1 N–H and O–H groups in total. The molecule has 0 aliphatic heterocycles. The van der Waals surface area contributed by atoms with Gasteiger partial charge >= 0.3 is 0 Å². The van der Waals surface area contributed by atoms with Gasteiger partial charge in [-0.2, -0.15) is 0 Å². The molecule has 0 amide bonds. The van der Waals surface area contributed by atoms with E-state index in [0.29, 0.717) is 13.2 Å². The Bertz CT molecular complexity index is 553. The van der Waals surface area contributed by atoms with E-state index in [1.165, 1.54) is 5.56 Å². The van der Waals surface area contributed by atoms with Crippen LogP contribution in [0.2, 0.25) is 0 Å². The van der Waals surface area contributed by atoms with E-state index < -0.39 is 6.10 Å². The van der Waals surface area contributed by atoms with Crippen LogP contribution in [0.4, 0.5) is 0 Å². The van der Waals surface area contributed by atoms with Gasteiger partial charge in [0.1, 0.15) is 18.5 Å². The maximum absolute atomic E-state index is 10.2. The lowest BCUT2D eigenvalue weighted by Gasteiger charge is -2.16. The molecule has 0 aromatic heterocycles. The lowest BCUT2D eigenvalue weighted by Crippen LogP contribution is -2.21. The highest BCUT2D eigenvalue weighted by molar-refractivity contribution is 5.35. The predicted octanol–water partition coefficient (Wildman–Crippen LogP) is 2.74. The first-order valence-corrected chi connectivity index (χ1v) is 6.90. The molecule has 0 saturated heterocycles. The zero-order valence-electron chi connectivity index (χ0n) is 11.2. The highest BCUT2D eigenvalue weighted by Crippen LogP contribution is 2.32. The summed E-state index contributed by atoms with van der Waals surface area (Å²) in [5, 5.41) is 10.2. The van der Waals surface area contributed by atoms with Crippen molar-refractivity contribution in [2.24, 2.45) is 0 Å². The normalized spacial score (nSPS) is 20.6. The number of aliphatic hydroxyl groups is 1. The Labute approximate surface area is 118 Å². The molecule has 2 aromatic rings. The van der Waals surface area contributed by atoms with Gasteiger partial charge in [0.2, 0.25) is 0 Å². The van der Waals surface area contributed by atoms with Crippen molar-refractivity contribution in [2.75, 3.05) is 13.2 Å². The van der Waals surface area contributed by atoms with E-state index in [1.54, 1.807) is 0 Å². The summed E-state index contributed by atoms with van der Waals surface area (Å²) >= 11 is 0. The Hall–Kier alpha value is -1.84. The summed E-state index contributed by atoms with van der Waals surface area (Å²) in [5.74, 6) is 0.839. The lowest BCUT2D eigenvalue weighted by atomic mass is 10.1. The van der Waals surface area contributed by atoms with Crippen LogP contribution in [0.15, 0.2) is 54.6 Å². The number of ether oxygens (including phenoxy) is 2. The Morgan fingerprint density at radius 3 is 2.50 bits per heavy atom. The molecular formula is C17H18O3. The van der Waals surface area contributed by atoms with Crippen LogP contribution in [0.5, 0.6) is 5.75 Å². The van der Waals surface area contributed by atoms with Crippen LogP contribution in [0.1, 0.15) is 17.2 Å². The minimum Gasteiger partial charge on any atom is -0.491 e. The summed E-state index contributed by atoms with van der Waals surface area (Å²) < 4.78 is 11.3. The number of aliphatic hydroxyl groups excluding tert-OH is 1. The maximum Gasteiger partial charge on any atom is 0.119 e. The molecule has 2 atom stereocenters. The van der Waals surface area contributed by atoms with Crippen molar-refractivity contribution < 1.29 is 14.6 Å². The number of benzene rings is 2. The molecule has 0 heterocycles. The molecule has 3 heteroatoms. The zero-order chi connectivity index (χ0) is 13.8. The second-order valence-corrected chi connectivity index (χ2v) is 4.92. The third kappa shape index (κ3) is 2.84. The van der Waals surface area contributed by atoms with Gasteiger partial charge in [-0.05, 0) is 23.3 Å². The van der Waals surface area contributed by atoms with Crippen LogP contribution in [0.25, 0.3) is 0 Å². The number of fused-ring (bicyclic) bond motifs is 1. The van der Waals surface area contributed by atoms with Crippen molar-refractivity contribution in [2.45, 2.75) is 18.6 Å². The third-order valence-corrected chi connectivity index (χ3v) is 3.57. The Balaban J connectivity index is 1.46. The molecule has 2 unspecified atom stereocenters. The van der Waals surface area contributed by atoms with Gasteiger partial charge in [-0.25, -0.2) is 0 Å². The quantitative estimate of drug-likeness (QED) is 0.849. The van der Waals surface area contributed by atoms with E-state index in [-0.39, 0.29) is 6.10 Å². The molecule has 3 rings (SSSR count). The van der Waals surface area contributed by atoms with Gasteiger partial charge in [0.05, 0.1) is 12.7 Å². The van der Waals surface area contributed by atoms with E-state index in [0.717, 1.165) is 17.7 Å². The largest absolute Gasteiger partial charge is 0.491 e. The second kappa shape index (κ2) is 6.07. The van der Waals surface area contributed by atoms with E-state index in [4.69, 9.17) is 9.47 Å². The van der Waals surface area contributed by atoms with Gasteiger partial charge in [-0.1, -0.05) is 42.5 Å². The van der Waals surface area contributed by atoms with Gasteiger partial charge in [0, 0.05) is 6.42 Å². The summed E-state index contributed by atoms with van der Waals surface area (Å²) in [6.45, 7) is 0.966. The topological polar surface area (TPSA) is 38.7 Å². The summed E-state index contributed by atoms with van der Waals surface area (Å²) in [7, 11) is 0. The summed E-state index contributed by atoms with van der Waals surface area (Å²) in [6, 6.07) is 17.6. The summed E-state index contributed by atoms with van der Waals surface area (Å²) in [6.07, 6.45) is 0.0811. The average molecular weight is 270 g/mol. The Morgan fingerprint density at radius 1 is 0.950 bits per heavy atom. The number of rotatable bonds is 5. The van der Waals surface area contributed by atoms with Gasteiger partial charge in [0.25, 0.3) is 0 Å². The van der Waals surface area contributed by atoms with Crippen molar-refractivity contribution in [3.8, 4) is 5.75 Å². The second-order valence-electron chi connectivity index (χ2n) is 4.92. The van der Waals surface area contributed by atoms with Gasteiger partial charge in [-0.3, -0.25) is 0 Å². The molecule has 1 aliphatic carbocycles. The first-order chi connectivity index (χ1) is 9.84. The standard InChI is InChI=1S/C17H18O3/c18-17-15-9-5-4-6-13(15)12-16(17)20-11-10-19-14-7-2-1-3-8-14/h1-9,16-18H,10-12H2. The highest BCUT2D eigenvalue weighted by atomic mass is 16.5. The fourth-order valence-electron chi connectivity index (χ4n) is 2.56. The minimum absolute atomic E-state index is 0.160. The fourth-order valence-corrected chi connectivity index (χ4v) is 2.56. The lowest BCUT2D eigenvalue weighted by molar-refractivity contribution is -0.0361. The molecule has 0 radical (unpaired) electrons. The van der Waals surface area contributed by atoms with Crippen LogP contribution >= 0.6 is 0 Å². The van der Waals surface area contributed by atoms with Gasteiger partial charge in [-0.15, -0.1) is 0 Å². The first kappa shape index (κ1) is 13.2. The smallest absolute Gasteiger partial charge is 0.119 e. The van der Waals surface area contributed by atoms with Crippen LogP contribution in [0, 0.1) is 0 Å². The monoisotopic (exact) mass is 270 g/mol. The summed E-state index contributed by atoms with van der Waals surface area (Å²) in [4.78, 5) is 0. The van der Waals surface area contributed by atoms with Crippen LogP contribution in [0.3, 0.4) is 0 Å². The van der Waals surface area contributed by atoms with Crippen molar-refractivity contribution in [3.63, 3.8) is 0 Å². The molecule has 2 aromatic carbocycles. The summed E-state index contributed by atoms with van der Waals surface area (Å²) in [5.41, 5.74) is 2.16. The SMILES string of the molecule is OC1c2ccccc2CC1OCCOc1ccccc1. The number of para-hydroxylation sites is 1. The van der Waals surface area contributed by atoms with Crippen molar-refractivity contribution in [1.29, 1.82) is 0 Å². The third-order valence-electron chi connectivity index (χ3n) is 3.57. The zero-order valence-corrected chi connectivity index (χ0v) is 11.2. The van der Waals surface area contributed by atoms with Crippen molar-refractivity contribution >= 4 is 0 Å². The van der Waals surface area contributed by atoms with Crippen LogP contribution in [-0.2, 0) is 11.2 Å². The van der Waals surface area contributed by atoms with Gasteiger partial charge < -0.3 is 14.6 Å². The van der Waals surface area contributed by atoms with Crippen molar-refractivity contribution in [3.05, 3.63) is 65.7 Å². The van der Waals surface area contributed by atoms with E-state index in [9.17, 15) is 5.11 Å². The molecular weight excluding hydrogens is 252 g/mol. The molecule has 20 heavy (non-hydrogen) atoms. The molecule has 0 bridgehead atoms. The van der Waals surface area contributed by atoms with E-state index >= 15 is 0 Å². The van der Waals surface area contributed by atoms with E-state index in [1.807, 2.05) is 54.6 Å². The molecule has 3 nitrogen and oxygen atoms in total. The Kier molecular flexibility index (Phi) is 4.00. The maximum atomic E-state index is 10.2. The van der Waals surface area contributed by atoms with Crippen LogP contribution < -0.4 is 4.74 Å². The predicted molar refractivity (Wildman–Crippen MR) is 76.8 cm³/mol. The Morgan fingerprint density at radius 2 is 1.70 bits per heavy atom. The molecule has 0 fully saturated rings. The van der Waals surface area contributed by atoms with Crippen LogP contribution in [-0.4, -0.2) is 24.4 Å². The van der Waals surface area contributed by atoms with E-state index in [2.05, 4.69) is 0 Å². The number of hydrogen-bond acceptors (Lipinski definition) is 3. The fraction of sp³-hybridized carbons (Fsp3) is 0.294. The molecule has 104 valence electrons. The minimum atomic E-state index is -0.525. The van der Waals surface area contributed by atoms with Gasteiger partial charge in [0.15, 0.2) is 0 Å². The molecule has 0 spiro atoms. The van der Waals surface area contributed by atoms with Crippen molar-refractivity contribution in [1.82, 2.24) is 0 Å².